The van der Waals surface area contributed by atoms with Crippen molar-refractivity contribution in [3.63, 3.8) is 0 Å². The van der Waals surface area contributed by atoms with Crippen LogP contribution in [-0.4, -0.2) is 25.1 Å². The van der Waals surface area contributed by atoms with Crippen LogP contribution in [0.25, 0.3) is 0 Å². The molecule has 0 radical (unpaired) electrons. The lowest BCUT2D eigenvalue weighted by Crippen LogP contribution is -2.35. The van der Waals surface area contributed by atoms with Crippen LogP contribution >= 0.6 is 0 Å². The molecule has 4 nitrogen and oxygen atoms in total. The molecule has 25 heavy (non-hydrogen) atoms. The van der Waals surface area contributed by atoms with Gasteiger partial charge in [-0.1, -0.05) is 26.0 Å². The lowest BCUT2D eigenvalue weighted by atomic mass is 9.85. The lowest BCUT2D eigenvalue weighted by Gasteiger charge is -2.28. The fraction of sp³-hybridized carbons (Fsp3) is 0.667. The van der Waals surface area contributed by atoms with E-state index in [2.05, 4.69) is 56.5 Å². The number of carbonyl (C=O) groups excluding carboxylic acids is 1. The SMILES string of the molecule is CCC(C)Oc1cc(C)ccc1CNC(=O)CC(C)C1CCCNC1. The van der Waals surface area contributed by atoms with Crippen LogP contribution in [0.1, 0.15) is 57.6 Å². The Labute approximate surface area is 152 Å². The summed E-state index contributed by atoms with van der Waals surface area (Å²) in [6.07, 6.45) is 4.18. The van der Waals surface area contributed by atoms with Crippen LogP contribution in [0.5, 0.6) is 5.75 Å². The zero-order valence-electron chi connectivity index (χ0n) is 16.2. The van der Waals surface area contributed by atoms with Crippen LogP contribution in [0.2, 0.25) is 0 Å². The Balaban J connectivity index is 1.88. The van der Waals surface area contributed by atoms with Gasteiger partial charge in [0.1, 0.15) is 5.75 Å². The first-order chi connectivity index (χ1) is 12.0. The van der Waals surface area contributed by atoms with Crippen molar-refractivity contribution in [2.75, 3.05) is 13.1 Å². The normalized spacial score (nSPS) is 19.9. The van der Waals surface area contributed by atoms with Crippen LogP contribution in [-0.2, 0) is 11.3 Å². The number of nitrogens with one attached hydrogen (secondary N) is 2. The molecule has 1 amide bonds. The Morgan fingerprint density at radius 2 is 2.20 bits per heavy atom. The maximum absolute atomic E-state index is 12.4. The molecule has 2 rings (SSSR count). The number of rotatable bonds is 8. The van der Waals surface area contributed by atoms with Crippen LogP contribution in [0, 0.1) is 18.8 Å². The summed E-state index contributed by atoms with van der Waals surface area (Å²) in [6.45, 7) is 11.1. The van der Waals surface area contributed by atoms with E-state index >= 15 is 0 Å². The van der Waals surface area contributed by atoms with Gasteiger partial charge in [-0.3, -0.25) is 4.79 Å². The molecule has 1 fully saturated rings. The summed E-state index contributed by atoms with van der Waals surface area (Å²) in [6, 6.07) is 6.19. The summed E-state index contributed by atoms with van der Waals surface area (Å²) in [7, 11) is 0. The van der Waals surface area contributed by atoms with Crippen LogP contribution in [0.3, 0.4) is 0 Å². The summed E-state index contributed by atoms with van der Waals surface area (Å²) < 4.78 is 6.02. The van der Waals surface area contributed by atoms with Crippen molar-refractivity contribution in [1.82, 2.24) is 10.6 Å². The largest absolute Gasteiger partial charge is 0.490 e. The Kier molecular flexibility index (Phi) is 7.76. The number of benzene rings is 1. The molecule has 0 bridgehead atoms. The van der Waals surface area contributed by atoms with Crippen molar-refractivity contribution in [3.8, 4) is 5.75 Å². The highest BCUT2D eigenvalue weighted by atomic mass is 16.5. The average molecular weight is 347 g/mol. The maximum Gasteiger partial charge on any atom is 0.220 e. The summed E-state index contributed by atoms with van der Waals surface area (Å²) in [5.41, 5.74) is 2.22. The van der Waals surface area contributed by atoms with Crippen molar-refractivity contribution in [3.05, 3.63) is 29.3 Å². The topological polar surface area (TPSA) is 50.4 Å². The predicted octanol–water partition coefficient (Wildman–Crippen LogP) is 3.81. The molecule has 3 atom stereocenters. The van der Waals surface area contributed by atoms with E-state index in [9.17, 15) is 4.79 Å². The van der Waals surface area contributed by atoms with Gasteiger partial charge in [-0.05, 0) is 69.7 Å². The van der Waals surface area contributed by atoms with Crippen LogP contribution in [0.4, 0.5) is 0 Å². The second-order valence-corrected chi connectivity index (χ2v) is 7.51. The van der Waals surface area contributed by atoms with E-state index in [1.54, 1.807) is 0 Å². The highest BCUT2D eigenvalue weighted by Gasteiger charge is 2.22. The third-order valence-electron chi connectivity index (χ3n) is 5.25. The third kappa shape index (κ3) is 6.35. The van der Waals surface area contributed by atoms with Crippen LogP contribution in [0.15, 0.2) is 18.2 Å². The molecule has 140 valence electrons. The molecule has 1 aromatic carbocycles. The van der Waals surface area contributed by atoms with E-state index < -0.39 is 0 Å². The standard InChI is InChI=1S/C21H34N2O2/c1-5-17(4)25-20-11-15(2)8-9-19(20)14-23-21(24)12-16(3)18-7-6-10-22-13-18/h8-9,11,16-18,22H,5-7,10,12-14H2,1-4H3,(H,23,24). The average Bonchev–Trinajstić information content (AvgIpc) is 2.61. The molecule has 1 aliphatic heterocycles. The van der Waals surface area contributed by atoms with E-state index in [4.69, 9.17) is 4.74 Å². The van der Waals surface area contributed by atoms with Crippen LogP contribution < -0.4 is 15.4 Å². The third-order valence-corrected chi connectivity index (χ3v) is 5.25. The number of hydrogen-bond acceptors (Lipinski definition) is 3. The first kappa shape index (κ1) is 19.8. The van der Waals surface area contributed by atoms with Crippen molar-refractivity contribution in [2.45, 2.75) is 66.0 Å². The molecule has 0 aromatic heterocycles. The maximum atomic E-state index is 12.4. The molecule has 4 heteroatoms. The molecule has 0 spiro atoms. The number of piperidine rings is 1. The Morgan fingerprint density at radius 1 is 1.40 bits per heavy atom. The van der Waals surface area contributed by atoms with Gasteiger partial charge in [0, 0.05) is 18.5 Å². The van der Waals surface area contributed by atoms with E-state index in [0.29, 0.717) is 24.8 Å². The summed E-state index contributed by atoms with van der Waals surface area (Å²) >= 11 is 0. The fourth-order valence-electron chi connectivity index (χ4n) is 3.31. The highest BCUT2D eigenvalue weighted by Crippen LogP contribution is 2.24. The molecule has 1 aliphatic rings. The summed E-state index contributed by atoms with van der Waals surface area (Å²) in [5, 5.41) is 6.52. The molecule has 3 unspecified atom stereocenters. The van der Waals surface area contributed by atoms with E-state index in [1.165, 1.54) is 18.4 Å². The highest BCUT2D eigenvalue weighted by molar-refractivity contribution is 5.76. The quantitative estimate of drug-likeness (QED) is 0.752. The summed E-state index contributed by atoms with van der Waals surface area (Å²) in [5.74, 6) is 2.05. The first-order valence-electron chi connectivity index (χ1n) is 9.73. The van der Waals surface area contributed by atoms with Gasteiger partial charge in [-0.15, -0.1) is 0 Å². The number of ether oxygens (including phenoxy) is 1. The second kappa shape index (κ2) is 9.81. The van der Waals surface area contributed by atoms with Gasteiger partial charge in [0.2, 0.25) is 5.91 Å². The number of aryl methyl sites for hydroxylation is 1. The molecule has 2 N–H and O–H groups in total. The van der Waals surface area contributed by atoms with Gasteiger partial charge in [0.15, 0.2) is 0 Å². The van der Waals surface area contributed by atoms with Crippen molar-refractivity contribution < 1.29 is 9.53 Å². The zero-order chi connectivity index (χ0) is 18.2. The summed E-state index contributed by atoms with van der Waals surface area (Å²) in [4.78, 5) is 12.4. The lowest BCUT2D eigenvalue weighted by molar-refractivity contribution is -0.122. The molecular formula is C21H34N2O2. The van der Waals surface area contributed by atoms with Crippen molar-refractivity contribution in [2.24, 2.45) is 11.8 Å². The molecule has 1 heterocycles. The molecule has 1 saturated heterocycles. The fourth-order valence-corrected chi connectivity index (χ4v) is 3.31. The zero-order valence-corrected chi connectivity index (χ0v) is 16.2. The van der Waals surface area contributed by atoms with Gasteiger partial charge < -0.3 is 15.4 Å². The van der Waals surface area contributed by atoms with Crippen molar-refractivity contribution in [1.29, 1.82) is 0 Å². The van der Waals surface area contributed by atoms with Gasteiger partial charge in [0.05, 0.1) is 6.10 Å². The molecule has 0 saturated carbocycles. The van der Waals surface area contributed by atoms with E-state index in [0.717, 1.165) is 30.8 Å². The van der Waals surface area contributed by atoms with E-state index in [1.807, 2.05) is 0 Å². The van der Waals surface area contributed by atoms with Crippen molar-refractivity contribution >= 4 is 5.91 Å². The minimum Gasteiger partial charge on any atom is -0.490 e. The predicted molar refractivity (Wildman–Crippen MR) is 103 cm³/mol. The second-order valence-electron chi connectivity index (χ2n) is 7.51. The van der Waals surface area contributed by atoms with E-state index in [-0.39, 0.29) is 12.0 Å². The van der Waals surface area contributed by atoms with Gasteiger partial charge >= 0.3 is 0 Å². The first-order valence-corrected chi connectivity index (χ1v) is 9.73. The van der Waals surface area contributed by atoms with Gasteiger partial charge in [-0.25, -0.2) is 0 Å². The Bertz CT molecular complexity index is 553. The number of carbonyl (C=O) groups is 1. The minimum absolute atomic E-state index is 0.133. The molecular weight excluding hydrogens is 312 g/mol. The number of amides is 1. The Morgan fingerprint density at radius 3 is 2.88 bits per heavy atom. The number of hydrogen-bond donors (Lipinski definition) is 2. The van der Waals surface area contributed by atoms with Gasteiger partial charge in [-0.2, -0.15) is 0 Å². The molecule has 0 aliphatic carbocycles. The smallest absolute Gasteiger partial charge is 0.220 e. The minimum atomic E-state index is 0.133. The Hall–Kier alpha value is -1.55. The monoisotopic (exact) mass is 346 g/mol. The van der Waals surface area contributed by atoms with Gasteiger partial charge in [0.25, 0.3) is 0 Å². The molecule has 1 aromatic rings.